The Morgan fingerprint density at radius 2 is 1.85 bits per heavy atom. The number of carbonyl (C=O) groups is 1. The van der Waals surface area contributed by atoms with Crippen LogP contribution in [0.1, 0.15) is 15.2 Å². The topological polar surface area (TPSA) is 26.3 Å². The van der Waals surface area contributed by atoms with E-state index in [2.05, 4.69) is 0 Å². The summed E-state index contributed by atoms with van der Waals surface area (Å²) in [4.78, 5) is 12.6. The third kappa shape index (κ3) is 4.26. The van der Waals surface area contributed by atoms with Crippen molar-refractivity contribution in [2.75, 3.05) is 6.26 Å². The zero-order valence-electron chi connectivity index (χ0n) is 13.6. The summed E-state index contributed by atoms with van der Waals surface area (Å²) in [5.74, 6) is -1.10. The van der Waals surface area contributed by atoms with Gasteiger partial charge in [-0.05, 0) is 59.3 Å². The van der Waals surface area contributed by atoms with E-state index < -0.39 is 16.9 Å². The molecule has 1 heterocycles. The smallest absolute Gasteiger partial charge is 0.253 e. The summed E-state index contributed by atoms with van der Waals surface area (Å²) in [7, 11) is 0. The Morgan fingerprint density at radius 1 is 1.15 bits per heavy atom. The SMILES string of the molecule is CSc1cc(F)c(F)cc1-c1ccc(OCc2cc(C(=O)Cl)cs2)cc1. The Bertz CT molecular complexity index is 939. The Labute approximate surface area is 162 Å². The molecular weight excluding hydrogens is 398 g/mol. The minimum absolute atomic E-state index is 0.315. The van der Waals surface area contributed by atoms with Gasteiger partial charge in [0.25, 0.3) is 5.24 Å². The van der Waals surface area contributed by atoms with Gasteiger partial charge in [0, 0.05) is 20.7 Å². The van der Waals surface area contributed by atoms with Gasteiger partial charge in [-0.2, -0.15) is 0 Å². The average molecular weight is 411 g/mol. The molecule has 3 aromatic rings. The van der Waals surface area contributed by atoms with Crippen LogP contribution in [-0.4, -0.2) is 11.5 Å². The first-order valence-electron chi connectivity index (χ1n) is 7.51. The molecule has 0 fully saturated rings. The highest BCUT2D eigenvalue weighted by atomic mass is 35.5. The first-order chi connectivity index (χ1) is 12.5. The fourth-order valence-corrected chi connectivity index (χ4v) is 3.93. The third-order valence-electron chi connectivity index (χ3n) is 3.67. The highest BCUT2D eigenvalue weighted by Gasteiger charge is 2.11. The van der Waals surface area contributed by atoms with E-state index in [0.717, 1.165) is 10.4 Å². The highest BCUT2D eigenvalue weighted by Crippen LogP contribution is 2.33. The van der Waals surface area contributed by atoms with E-state index in [9.17, 15) is 13.6 Å². The number of benzene rings is 2. The summed E-state index contributed by atoms with van der Waals surface area (Å²) in [5, 5.41) is 1.19. The van der Waals surface area contributed by atoms with Gasteiger partial charge in [0.05, 0.1) is 0 Å². The molecule has 0 radical (unpaired) electrons. The molecule has 0 aliphatic carbocycles. The van der Waals surface area contributed by atoms with Gasteiger partial charge < -0.3 is 4.74 Å². The lowest BCUT2D eigenvalue weighted by Crippen LogP contribution is -1.94. The fraction of sp³-hybridized carbons (Fsp3) is 0.105. The molecule has 0 spiro atoms. The van der Waals surface area contributed by atoms with E-state index in [1.165, 1.54) is 35.2 Å². The van der Waals surface area contributed by atoms with Crippen LogP contribution in [0.5, 0.6) is 5.75 Å². The number of ether oxygens (including phenoxy) is 1. The van der Waals surface area contributed by atoms with Crippen molar-refractivity contribution < 1.29 is 18.3 Å². The summed E-state index contributed by atoms with van der Waals surface area (Å²) in [6, 6.07) is 11.2. The Balaban J connectivity index is 1.74. The van der Waals surface area contributed by atoms with Crippen LogP contribution in [-0.2, 0) is 6.61 Å². The van der Waals surface area contributed by atoms with Crippen LogP contribution in [0, 0.1) is 11.6 Å². The number of thioether (sulfide) groups is 1. The molecule has 0 amide bonds. The van der Waals surface area contributed by atoms with Gasteiger partial charge in [0.15, 0.2) is 11.6 Å². The third-order valence-corrected chi connectivity index (χ3v) is 5.58. The van der Waals surface area contributed by atoms with Crippen LogP contribution < -0.4 is 4.74 Å². The fourth-order valence-electron chi connectivity index (χ4n) is 2.37. The van der Waals surface area contributed by atoms with Crippen molar-refractivity contribution in [2.45, 2.75) is 11.5 Å². The predicted molar refractivity (Wildman–Crippen MR) is 102 cm³/mol. The second-order valence-corrected chi connectivity index (χ2v) is 7.54. The van der Waals surface area contributed by atoms with Crippen LogP contribution in [0.15, 0.2) is 52.7 Å². The molecule has 2 nitrogen and oxygen atoms in total. The van der Waals surface area contributed by atoms with Gasteiger partial charge in [-0.25, -0.2) is 8.78 Å². The molecule has 0 unspecified atom stereocenters. The molecule has 0 atom stereocenters. The van der Waals surface area contributed by atoms with Crippen molar-refractivity contribution in [1.29, 1.82) is 0 Å². The van der Waals surface area contributed by atoms with Crippen molar-refractivity contribution in [3.05, 3.63) is 69.9 Å². The number of carbonyl (C=O) groups excluding carboxylic acids is 1. The first kappa shape index (κ1) is 18.9. The van der Waals surface area contributed by atoms with E-state index in [4.69, 9.17) is 16.3 Å². The summed E-state index contributed by atoms with van der Waals surface area (Å²) < 4.78 is 32.7. The van der Waals surface area contributed by atoms with Crippen molar-refractivity contribution >= 4 is 39.9 Å². The monoisotopic (exact) mass is 410 g/mol. The van der Waals surface area contributed by atoms with Gasteiger partial charge in [-0.15, -0.1) is 23.1 Å². The van der Waals surface area contributed by atoms with Gasteiger partial charge in [-0.3, -0.25) is 4.79 Å². The van der Waals surface area contributed by atoms with E-state index in [1.807, 2.05) is 6.26 Å². The molecule has 0 bridgehead atoms. The molecule has 1 aromatic heterocycles. The number of hydrogen-bond acceptors (Lipinski definition) is 4. The number of thiophene rings is 1. The number of halogens is 3. The van der Waals surface area contributed by atoms with E-state index in [-0.39, 0.29) is 0 Å². The summed E-state index contributed by atoms with van der Waals surface area (Å²) in [5.41, 5.74) is 1.85. The van der Waals surface area contributed by atoms with Crippen LogP contribution in [0.4, 0.5) is 8.78 Å². The Hall–Kier alpha value is -1.89. The van der Waals surface area contributed by atoms with Crippen LogP contribution in [0.3, 0.4) is 0 Å². The molecule has 2 aromatic carbocycles. The average Bonchev–Trinajstić information content (AvgIpc) is 3.12. The van der Waals surface area contributed by atoms with Crippen LogP contribution in [0.2, 0.25) is 0 Å². The number of hydrogen-bond donors (Lipinski definition) is 0. The molecule has 0 saturated carbocycles. The lowest BCUT2D eigenvalue weighted by atomic mass is 10.1. The minimum Gasteiger partial charge on any atom is -0.488 e. The zero-order chi connectivity index (χ0) is 18.7. The summed E-state index contributed by atoms with van der Waals surface area (Å²) in [6.45, 7) is 0.315. The van der Waals surface area contributed by atoms with Crippen molar-refractivity contribution in [3.63, 3.8) is 0 Å². The molecule has 26 heavy (non-hydrogen) atoms. The summed E-state index contributed by atoms with van der Waals surface area (Å²) >= 11 is 8.18. The van der Waals surface area contributed by atoms with Crippen molar-refractivity contribution in [2.24, 2.45) is 0 Å². The largest absolute Gasteiger partial charge is 0.488 e. The first-order valence-corrected chi connectivity index (χ1v) is 9.99. The van der Waals surface area contributed by atoms with E-state index >= 15 is 0 Å². The molecule has 7 heteroatoms. The van der Waals surface area contributed by atoms with Crippen LogP contribution >= 0.6 is 34.7 Å². The molecule has 0 aliphatic heterocycles. The molecule has 0 aliphatic rings. The quantitative estimate of drug-likeness (QED) is 0.348. The molecule has 0 saturated heterocycles. The second-order valence-electron chi connectivity index (χ2n) is 5.36. The van der Waals surface area contributed by atoms with Crippen molar-refractivity contribution in [3.8, 4) is 16.9 Å². The van der Waals surface area contributed by atoms with Crippen LogP contribution in [0.25, 0.3) is 11.1 Å². The Kier molecular flexibility index (Phi) is 5.96. The standard InChI is InChI=1S/C19H13ClF2O2S2/c1-25-18-8-17(22)16(21)7-15(18)11-2-4-13(5-3-11)24-9-14-6-12(10-26-14)19(20)23/h2-8,10H,9H2,1H3. The van der Waals surface area contributed by atoms with Gasteiger partial charge in [0.2, 0.25) is 0 Å². The Morgan fingerprint density at radius 3 is 2.46 bits per heavy atom. The maximum absolute atomic E-state index is 13.6. The number of rotatable bonds is 6. The van der Waals surface area contributed by atoms with Gasteiger partial charge in [-0.1, -0.05) is 12.1 Å². The molecule has 3 rings (SSSR count). The van der Waals surface area contributed by atoms with Crippen molar-refractivity contribution in [1.82, 2.24) is 0 Å². The molecular formula is C19H13ClF2O2S2. The normalized spacial score (nSPS) is 10.8. The second kappa shape index (κ2) is 8.20. The predicted octanol–water partition coefficient (Wildman–Crippen LogP) is 6.37. The highest BCUT2D eigenvalue weighted by molar-refractivity contribution is 7.98. The van der Waals surface area contributed by atoms with Gasteiger partial charge >= 0.3 is 0 Å². The van der Waals surface area contributed by atoms with Gasteiger partial charge in [0.1, 0.15) is 12.4 Å². The van der Waals surface area contributed by atoms with E-state index in [0.29, 0.717) is 28.4 Å². The molecule has 134 valence electrons. The maximum Gasteiger partial charge on any atom is 0.253 e. The maximum atomic E-state index is 13.6. The zero-order valence-corrected chi connectivity index (χ0v) is 16.0. The minimum atomic E-state index is -0.875. The van der Waals surface area contributed by atoms with E-state index in [1.54, 1.807) is 35.7 Å². The molecule has 0 N–H and O–H groups in total. The lowest BCUT2D eigenvalue weighted by molar-refractivity contribution is 0.108. The summed E-state index contributed by atoms with van der Waals surface area (Å²) in [6.07, 6.45) is 1.81. The lowest BCUT2D eigenvalue weighted by Gasteiger charge is -2.10.